The summed E-state index contributed by atoms with van der Waals surface area (Å²) in [4.78, 5) is 43.1. The van der Waals surface area contributed by atoms with Crippen LogP contribution in [0.4, 0.5) is 4.79 Å². The number of benzene rings is 1. The molecule has 1 saturated heterocycles. The first-order chi connectivity index (χ1) is 17.2. The monoisotopic (exact) mass is 493 g/mol. The molecule has 1 aliphatic heterocycles. The van der Waals surface area contributed by atoms with E-state index in [1.807, 2.05) is 32.9 Å². The van der Waals surface area contributed by atoms with Crippen molar-refractivity contribution in [2.45, 2.75) is 83.3 Å². The van der Waals surface area contributed by atoms with Gasteiger partial charge in [-0.05, 0) is 58.6 Å². The highest BCUT2D eigenvalue weighted by Crippen LogP contribution is 2.31. The van der Waals surface area contributed by atoms with Crippen LogP contribution in [0.25, 0.3) is 16.6 Å². The molecule has 9 nitrogen and oxygen atoms in total. The number of hydrogen-bond acceptors (Lipinski definition) is 5. The van der Waals surface area contributed by atoms with Gasteiger partial charge in [0.05, 0.1) is 22.2 Å². The van der Waals surface area contributed by atoms with Crippen LogP contribution in [-0.2, 0) is 4.74 Å². The molecule has 1 saturated carbocycles. The molecule has 3 heterocycles. The summed E-state index contributed by atoms with van der Waals surface area (Å²) in [6, 6.07) is 7.28. The van der Waals surface area contributed by atoms with Crippen LogP contribution in [0.1, 0.15) is 87.7 Å². The number of nitrogens with zero attached hydrogens (tertiary/aromatic N) is 3. The van der Waals surface area contributed by atoms with Crippen LogP contribution in [-0.4, -0.2) is 56.2 Å². The summed E-state index contributed by atoms with van der Waals surface area (Å²) in [6.07, 6.45) is 6.57. The van der Waals surface area contributed by atoms with Gasteiger partial charge in [0.2, 0.25) is 0 Å². The van der Waals surface area contributed by atoms with E-state index in [2.05, 4.69) is 10.3 Å². The minimum Gasteiger partial charge on any atom is -0.444 e. The van der Waals surface area contributed by atoms with Gasteiger partial charge in [-0.2, -0.15) is 5.10 Å². The van der Waals surface area contributed by atoms with E-state index >= 15 is 0 Å². The Morgan fingerprint density at radius 1 is 1.08 bits per heavy atom. The first kappa shape index (κ1) is 24.3. The number of hydrogen-bond donors (Lipinski definition) is 2. The molecule has 1 aromatic carbocycles. The van der Waals surface area contributed by atoms with Gasteiger partial charge >= 0.3 is 6.09 Å². The first-order valence-corrected chi connectivity index (χ1v) is 13.0. The van der Waals surface area contributed by atoms with Gasteiger partial charge in [-0.25, -0.2) is 9.31 Å². The topological polar surface area (TPSA) is 109 Å². The largest absolute Gasteiger partial charge is 0.444 e. The number of fused-ring (bicyclic) bond motifs is 3. The molecule has 0 spiro atoms. The Labute approximate surface area is 210 Å². The number of aromatic amines is 1. The Bertz CT molecular complexity index is 1340. The van der Waals surface area contributed by atoms with E-state index < -0.39 is 5.60 Å². The summed E-state index contributed by atoms with van der Waals surface area (Å²) < 4.78 is 7.29. The standard InChI is InChI=1S/C27H35N5O4/c1-27(2,3)36-26(35)31-14-12-17(13-15-31)21-16-22(33)29-24-23-19(10-7-11-20(23)30-32(21)24)25(34)28-18-8-5-4-6-9-18/h7,10-11,16-18H,4-6,8-9,12-15H2,1-3H3,(H,28,34)(H,29,33). The van der Waals surface area contributed by atoms with Crippen molar-refractivity contribution in [1.82, 2.24) is 24.8 Å². The van der Waals surface area contributed by atoms with Gasteiger partial charge in [-0.3, -0.25) is 9.59 Å². The number of rotatable bonds is 3. The molecule has 192 valence electrons. The van der Waals surface area contributed by atoms with Gasteiger partial charge in [0.1, 0.15) is 11.2 Å². The molecule has 2 amide bonds. The summed E-state index contributed by atoms with van der Waals surface area (Å²) in [6.45, 7) is 6.66. The molecular formula is C27H35N5O4. The molecular weight excluding hydrogens is 458 g/mol. The molecule has 5 rings (SSSR count). The second-order valence-electron chi connectivity index (χ2n) is 11.1. The number of H-pyrrole nitrogens is 1. The lowest BCUT2D eigenvalue weighted by molar-refractivity contribution is 0.0203. The molecule has 2 N–H and O–H groups in total. The fourth-order valence-electron chi connectivity index (χ4n) is 5.46. The second kappa shape index (κ2) is 9.59. The third-order valence-electron chi connectivity index (χ3n) is 7.21. The van der Waals surface area contributed by atoms with Crippen LogP contribution in [0.5, 0.6) is 0 Å². The number of carbonyl (C=O) groups excluding carboxylic acids is 2. The van der Waals surface area contributed by atoms with Crippen LogP contribution < -0.4 is 10.9 Å². The number of nitrogens with one attached hydrogen (secondary N) is 2. The van der Waals surface area contributed by atoms with Crippen molar-refractivity contribution in [2.24, 2.45) is 0 Å². The summed E-state index contributed by atoms with van der Waals surface area (Å²) in [5, 5.41) is 8.64. The normalized spacial score (nSPS) is 18.0. The predicted molar refractivity (Wildman–Crippen MR) is 137 cm³/mol. The fraction of sp³-hybridized carbons (Fsp3) is 0.556. The minimum absolute atomic E-state index is 0.0577. The molecule has 3 aromatic rings. The highest BCUT2D eigenvalue weighted by molar-refractivity contribution is 6.11. The van der Waals surface area contributed by atoms with E-state index in [4.69, 9.17) is 9.84 Å². The lowest BCUT2D eigenvalue weighted by Gasteiger charge is -2.33. The van der Waals surface area contributed by atoms with E-state index in [1.165, 1.54) is 6.42 Å². The number of ether oxygens (including phenoxy) is 1. The minimum atomic E-state index is -0.539. The zero-order chi connectivity index (χ0) is 25.4. The fourth-order valence-corrected chi connectivity index (χ4v) is 5.46. The SMILES string of the molecule is CC(C)(C)OC(=O)N1CCC(c2cc(=O)[nH]c3c4c(C(=O)NC5CCCCC5)cccc4nn23)CC1. The van der Waals surface area contributed by atoms with Gasteiger partial charge in [0, 0.05) is 31.1 Å². The third kappa shape index (κ3) is 4.96. The van der Waals surface area contributed by atoms with Gasteiger partial charge < -0.3 is 19.9 Å². The summed E-state index contributed by atoms with van der Waals surface area (Å²) in [5.41, 5.74) is 1.77. The molecule has 0 unspecified atom stereocenters. The van der Waals surface area contributed by atoms with E-state index in [0.29, 0.717) is 48.0 Å². The molecule has 0 bridgehead atoms. The lowest BCUT2D eigenvalue weighted by atomic mass is 9.93. The molecule has 0 atom stereocenters. The molecule has 9 heteroatoms. The van der Waals surface area contributed by atoms with Crippen molar-refractivity contribution >= 4 is 28.6 Å². The summed E-state index contributed by atoms with van der Waals surface area (Å²) in [7, 11) is 0. The van der Waals surface area contributed by atoms with Crippen molar-refractivity contribution in [2.75, 3.05) is 13.1 Å². The Kier molecular flexibility index (Phi) is 6.49. The van der Waals surface area contributed by atoms with Gasteiger partial charge in [0.15, 0.2) is 0 Å². The van der Waals surface area contributed by atoms with Crippen LogP contribution in [0.15, 0.2) is 29.1 Å². The predicted octanol–water partition coefficient (Wildman–Crippen LogP) is 4.35. The van der Waals surface area contributed by atoms with Crippen LogP contribution in [0, 0.1) is 0 Å². The maximum Gasteiger partial charge on any atom is 0.410 e. The molecule has 36 heavy (non-hydrogen) atoms. The Morgan fingerprint density at radius 2 is 1.81 bits per heavy atom. The van der Waals surface area contributed by atoms with Crippen molar-refractivity contribution in [3.63, 3.8) is 0 Å². The van der Waals surface area contributed by atoms with Crippen molar-refractivity contribution in [3.8, 4) is 0 Å². The van der Waals surface area contributed by atoms with Crippen molar-refractivity contribution < 1.29 is 14.3 Å². The zero-order valence-electron chi connectivity index (χ0n) is 21.3. The average molecular weight is 494 g/mol. The Hall–Kier alpha value is -3.36. The average Bonchev–Trinajstić information content (AvgIpc) is 3.22. The number of amides is 2. The van der Waals surface area contributed by atoms with E-state index in [0.717, 1.165) is 31.4 Å². The van der Waals surface area contributed by atoms with Gasteiger partial charge in [-0.1, -0.05) is 25.3 Å². The van der Waals surface area contributed by atoms with E-state index in [9.17, 15) is 14.4 Å². The summed E-state index contributed by atoms with van der Waals surface area (Å²) in [5.74, 6) is -0.0679. The molecule has 1 aliphatic carbocycles. The number of piperidine rings is 1. The highest BCUT2D eigenvalue weighted by Gasteiger charge is 2.30. The molecule has 2 aromatic heterocycles. The van der Waals surface area contributed by atoms with Crippen LogP contribution in [0.2, 0.25) is 0 Å². The smallest absolute Gasteiger partial charge is 0.410 e. The third-order valence-corrected chi connectivity index (χ3v) is 7.21. The quantitative estimate of drug-likeness (QED) is 0.564. The molecule has 0 radical (unpaired) electrons. The van der Waals surface area contributed by atoms with E-state index in [-0.39, 0.29) is 29.5 Å². The number of likely N-dealkylation sites (tertiary alicyclic amines) is 1. The lowest BCUT2D eigenvalue weighted by Crippen LogP contribution is -2.41. The van der Waals surface area contributed by atoms with Crippen molar-refractivity contribution in [1.29, 1.82) is 0 Å². The van der Waals surface area contributed by atoms with E-state index in [1.54, 1.807) is 21.5 Å². The Balaban J connectivity index is 1.44. The maximum atomic E-state index is 13.2. The van der Waals surface area contributed by atoms with Crippen molar-refractivity contribution in [3.05, 3.63) is 45.9 Å². The Morgan fingerprint density at radius 3 is 2.50 bits per heavy atom. The highest BCUT2D eigenvalue weighted by atomic mass is 16.6. The van der Waals surface area contributed by atoms with Crippen LogP contribution in [0.3, 0.4) is 0 Å². The maximum absolute atomic E-state index is 13.2. The first-order valence-electron chi connectivity index (χ1n) is 13.0. The number of carbonyl (C=O) groups is 2. The second-order valence-corrected chi connectivity index (χ2v) is 11.1. The zero-order valence-corrected chi connectivity index (χ0v) is 21.3. The van der Waals surface area contributed by atoms with Gasteiger partial charge in [-0.15, -0.1) is 0 Å². The molecule has 2 aliphatic rings. The van der Waals surface area contributed by atoms with Gasteiger partial charge in [0.25, 0.3) is 11.5 Å². The van der Waals surface area contributed by atoms with Crippen LogP contribution >= 0.6 is 0 Å². The summed E-state index contributed by atoms with van der Waals surface area (Å²) >= 11 is 0. The molecule has 2 fully saturated rings. The number of aromatic nitrogens is 3.